The molecule has 1 aromatic carbocycles. The molecular formula is C15H13N3O2S. The first-order chi connectivity index (χ1) is 10.0. The van der Waals surface area contributed by atoms with Crippen molar-refractivity contribution in [2.45, 2.75) is 13.8 Å². The molecule has 0 aliphatic carbocycles. The van der Waals surface area contributed by atoms with Crippen LogP contribution in [-0.4, -0.2) is 15.2 Å². The summed E-state index contributed by atoms with van der Waals surface area (Å²) < 4.78 is 5.17. The van der Waals surface area contributed by atoms with E-state index in [0.29, 0.717) is 5.56 Å². The van der Waals surface area contributed by atoms with Crippen LogP contribution in [0.4, 0.5) is 0 Å². The highest BCUT2D eigenvalue weighted by Crippen LogP contribution is 2.23. The van der Waals surface area contributed by atoms with Gasteiger partial charge in [-0.3, -0.25) is 4.79 Å². The fourth-order valence-electron chi connectivity index (χ4n) is 2.17. The molecule has 0 fully saturated rings. The number of nitrogens with zero attached hydrogens (tertiary/aromatic N) is 1. The Balaban J connectivity index is 2.12. The van der Waals surface area contributed by atoms with Gasteiger partial charge in [-0.1, -0.05) is 17.7 Å². The summed E-state index contributed by atoms with van der Waals surface area (Å²) in [4.78, 5) is 15.2. The topological polar surface area (TPSA) is 74.7 Å². The van der Waals surface area contributed by atoms with Crippen LogP contribution in [0.2, 0.25) is 0 Å². The van der Waals surface area contributed by atoms with Crippen LogP contribution < -0.4 is 5.56 Å². The fraction of sp³-hybridized carbons (Fsp3) is 0.133. The van der Waals surface area contributed by atoms with E-state index < -0.39 is 0 Å². The molecule has 3 aromatic rings. The third-order valence-electron chi connectivity index (χ3n) is 3.26. The number of pyridine rings is 1. The van der Waals surface area contributed by atoms with Crippen LogP contribution in [0.3, 0.4) is 0 Å². The zero-order chi connectivity index (χ0) is 15.0. The molecule has 0 radical (unpaired) electrons. The summed E-state index contributed by atoms with van der Waals surface area (Å²) in [5, 5.41) is 6.37. The van der Waals surface area contributed by atoms with E-state index in [1.54, 1.807) is 6.07 Å². The van der Waals surface area contributed by atoms with Gasteiger partial charge in [0.2, 0.25) is 0 Å². The van der Waals surface area contributed by atoms with Gasteiger partial charge in [0.25, 0.3) is 16.3 Å². The van der Waals surface area contributed by atoms with Gasteiger partial charge in [0.1, 0.15) is 5.56 Å². The monoisotopic (exact) mass is 299 g/mol. The van der Waals surface area contributed by atoms with Crippen LogP contribution in [-0.2, 0) is 0 Å². The van der Waals surface area contributed by atoms with Crippen LogP contribution in [0.1, 0.15) is 11.1 Å². The molecule has 0 unspecified atom stereocenters. The van der Waals surface area contributed by atoms with Crippen molar-refractivity contribution in [1.29, 1.82) is 0 Å². The smallest absolute Gasteiger partial charge is 0.284 e. The van der Waals surface area contributed by atoms with Crippen molar-refractivity contribution in [2.75, 3.05) is 0 Å². The number of benzene rings is 1. The SMILES string of the molecule is Cc1ccc(C)c(-c2ccc(-c3n[nH]c(=S)o3)c(=O)[nH]2)c1. The van der Waals surface area contributed by atoms with Crippen molar-refractivity contribution in [1.82, 2.24) is 15.2 Å². The Morgan fingerprint density at radius 2 is 1.95 bits per heavy atom. The predicted molar refractivity (Wildman–Crippen MR) is 82.7 cm³/mol. The molecule has 106 valence electrons. The van der Waals surface area contributed by atoms with Gasteiger partial charge >= 0.3 is 0 Å². The number of H-pyrrole nitrogens is 2. The van der Waals surface area contributed by atoms with E-state index in [1.807, 2.05) is 38.1 Å². The van der Waals surface area contributed by atoms with Crippen LogP contribution >= 0.6 is 12.2 Å². The van der Waals surface area contributed by atoms with Crippen molar-refractivity contribution in [3.63, 3.8) is 0 Å². The van der Waals surface area contributed by atoms with Crippen LogP contribution in [0.15, 0.2) is 39.5 Å². The molecule has 2 heterocycles. The second kappa shape index (κ2) is 5.14. The average Bonchev–Trinajstić information content (AvgIpc) is 2.88. The van der Waals surface area contributed by atoms with Gasteiger partial charge in [0, 0.05) is 11.3 Å². The highest BCUT2D eigenvalue weighted by molar-refractivity contribution is 7.71. The Hall–Kier alpha value is -2.47. The van der Waals surface area contributed by atoms with Gasteiger partial charge < -0.3 is 9.40 Å². The van der Waals surface area contributed by atoms with Crippen molar-refractivity contribution in [3.8, 4) is 22.7 Å². The molecule has 0 amide bonds. The fourth-order valence-corrected chi connectivity index (χ4v) is 2.29. The van der Waals surface area contributed by atoms with Crippen molar-refractivity contribution >= 4 is 12.2 Å². The minimum absolute atomic E-state index is 0.142. The number of aromatic nitrogens is 3. The molecule has 2 aromatic heterocycles. The first-order valence-corrected chi connectivity index (χ1v) is 6.82. The minimum Gasteiger partial charge on any atom is -0.409 e. The van der Waals surface area contributed by atoms with E-state index in [2.05, 4.69) is 15.2 Å². The van der Waals surface area contributed by atoms with Gasteiger partial charge in [-0.05, 0) is 49.8 Å². The van der Waals surface area contributed by atoms with Gasteiger partial charge in [0.05, 0.1) is 0 Å². The molecule has 0 saturated heterocycles. The lowest BCUT2D eigenvalue weighted by molar-refractivity contribution is 0.551. The summed E-state index contributed by atoms with van der Waals surface area (Å²) in [5.41, 5.74) is 4.08. The zero-order valence-corrected chi connectivity index (χ0v) is 12.4. The molecule has 6 heteroatoms. The molecule has 3 rings (SSSR count). The Morgan fingerprint density at radius 1 is 1.14 bits per heavy atom. The van der Waals surface area contributed by atoms with Crippen LogP contribution in [0.5, 0.6) is 0 Å². The zero-order valence-electron chi connectivity index (χ0n) is 11.6. The van der Waals surface area contributed by atoms with Crippen LogP contribution in [0.25, 0.3) is 22.7 Å². The summed E-state index contributed by atoms with van der Waals surface area (Å²) in [6.07, 6.45) is 0. The summed E-state index contributed by atoms with van der Waals surface area (Å²) >= 11 is 4.81. The molecule has 21 heavy (non-hydrogen) atoms. The molecule has 5 nitrogen and oxygen atoms in total. The highest BCUT2D eigenvalue weighted by atomic mass is 32.1. The van der Waals surface area contributed by atoms with Gasteiger partial charge in [-0.2, -0.15) is 0 Å². The highest BCUT2D eigenvalue weighted by Gasteiger charge is 2.11. The number of hydrogen-bond donors (Lipinski definition) is 2. The Bertz CT molecular complexity index is 921. The van der Waals surface area contributed by atoms with E-state index in [0.717, 1.165) is 22.4 Å². The average molecular weight is 299 g/mol. The summed E-state index contributed by atoms with van der Waals surface area (Å²) in [6, 6.07) is 9.64. The minimum atomic E-state index is -0.265. The lowest BCUT2D eigenvalue weighted by atomic mass is 10.0. The van der Waals surface area contributed by atoms with Crippen molar-refractivity contribution in [3.05, 3.63) is 56.6 Å². The third-order valence-corrected chi connectivity index (χ3v) is 3.44. The molecule has 2 N–H and O–H groups in total. The lowest BCUT2D eigenvalue weighted by Crippen LogP contribution is -2.10. The standard InChI is InChI=1S/C15H13N3O2S/c1-8-3-4-9(2)11(7-8)12-6-5-10(13(19)16-12)14-17-18-15(21)20-14/h3-7H,1-2H3,(H,16,19)(H,18,21). The maximum atomic E-state index is 12.2. The second-order valence-corrected chi connectivity index (χ2v) is 5.22. The predicted octanol–water partition coefficient (Wildman–Crippen LogP) is 3.37. The number of aryl methyl sites for hydroxylation is 2. The number of rotatable bonds is 2. The number of aromatic amines is 2. The summed E-state index contributed by atoms with van der Waals surface area (Å²) in [7, 11) is 0. The second-order valence-electron chi connectivity index (χ2n) is 4.85. The third kappa shape index (κ3) is 2.57. The molecule has 0 atom stereocenters. The van der Waals surface area contributed by atoms with Gasteiger partial charge in [-0.25, -0.2) is 5.10 Å². The lowest BCUT2D eigenvalue weighted by Gasteiger charge is -2.07. The van der Waals surface area contributed by atoms with Gasteiger partial charge in [0.15, 0.2) is 0 Å². The summed E-state index contributed by atoms with van der Waals surface area (Å²) in [5.74, 6) is 0.189. The molecule has 0 aliphatic heterocycles. The van der Waals surface area contributed by atoms with E-state index in [4.69, 9.17) is 16.6 Å². The van der Waals surface area contributed by atoms with E-state index in [1.165, 1.54) is 0 Å². The molecule has 0 aliphatic rings. The molecule has 0 bridgehead atoms. The van der Waals surface area contributed by atoms with E-state index >= 15 is 0 Å². The van der Waals surface area contributed by atoms with Crippen molar-refractivity contribution < 1.29 is 4.42 Å². The Morgan fingerprint density at radius 3 is 2.62 bits per heavy atom. The van der Waals surface area contributed by atoms with Gasteiger partial charge in [-0.15, -0.1) is 5.10 Å². The van der Waals surface area contributed by atoms with E-state index in [-0.39, 0.29) is 16.3 Å². The Labute approximate surface area is 125 Å². The van der Waals surface area contributed by atoms with Crippen LogP contribution in [0, 0.1) is 18.7 Å². The number of nitrogens with one attached hydrogen (secondary N) is 2. The molecular weight excluding hydrogens is 286 g/mol. The number of hydrogen-bond acceptors (Lipinski definition) is 4. The Kier molecular flexibility index (Phi) is 3.31. The maximum Gasteiger partial charge on any atom is 0.284 e. The van der Waals surface area contributed by atoms with Crippen molar-refractivity contribution in [2.24, 2.45) is 0 Å². The largest absolute Gasteiger partial charge is 0.409 e. The maximum absolute atomic E-state index is 12.2. The summed E-state index contributed by atoms with van der Waals surface area (Å²) in [6.45, 7) is 4.02. The first-order valence-electron chi connectivity index (χ1n) is 6.41. The molecule has 0 saturated carbocycles. The first kappa shape index (κ1) is 13.5. The molecule has 0 spiro atoms. The van der Waals surface area contributed by atoms with E-state index in [9.17, 15) is 4.79 Å². The quantitative estimate of drug-likeness (QED) is 0.711. The normalized spacial score (nSPS) is 10.8.